The number of amides is 1. The normalized spacial score (nSPS) is 17.0. The predicted octanol–water partition coefficient (Wildman–Crippen LogP) is 1.94. The second-order valence-corrected chi connectivity index (χ2v) is 7.93. The van der Waals surface area contributed by atoms with Crippen LogP contribution >= 0.6 is 0 Å². The summed E-state index contributed by atoms with van der Waals surface area (Å²) in [5, 5.41) is 2.74. The van der Waals surface area contributed by atoms with Gasteiger partial charge in [-0.3, -0.25) is 4.79 Å². The standard InChI is InChI=1S/C15H22N2O3S/c1-2-21(19,20)13-7-4-3-6-12(13)17-14(18)10-15(11-16)8-5-9-15/h3-4,6-7H,2,5,8-11,16H2,1H3,(H,17,18). The van der Waals surface area contributed by atoms with Crippen molar-refractivity contribution in [3.8, 4) is 0 Å². The Labute approximate surface area is 125 Å². The lowest BCUT2D eigenvalue weighted by atomic mass is 9.66. The van der Waals surface area contributed by atoms with Gasteiger partial charge in [-0.25, -0.2) is 8.42 Å². The Morgan fingerprint density at radius 3 is 2.52 bits per heavy atom. The molecule has 0 saturated heterocycles. The van der Waals surface area contributed by atoms with E-state index in [0.717, 1.165) is 19.3 Å². The molecule has 116 valence electrons. The van der Waals surface area contributed by atoms with E-state index in [2.05, 4.69) is 5.32 Å². The number of rotatable bonds is 6. The lowest BCUT2D eigenvalue weighted by Gasteiger charge is -2.40. The van der Waals surface area contributed by atoms with E-state index in [1.165, 1.54) is 6.07 Å². The SMILES string of the molecule is CCS(=O)(=O)c1ccccc1NC(=O)CC1(CN)CCC1. The Balaban J connectivity index is 2.15. The number of anilines is 1. The van der Waals surface area contributed by atoms with Crippen LogP contribution in [0.25, 0.3) is 0 Å². The van der Waals surface area contributed by atoms with Crippen molar-refractivity contribution < 1.29 is 13.2 Å². The van der Waals surface area contributed by atoms with Crippen molar-refractivity contribution in [2.24, 2.45) is 11.1 Å². The van der Waals surface area contributed by atoms with E-state index in [1.807, 2.05) is 0 Å². The van der Waals surface area contributed by atoms with Crippen LogP contribution in [-0.2, 0) is 14.6 Å². The molecular formula is C15H22N2O3S. The monoisotopic (exact) mass is 310 g/mol. The molecule has 0 bridgehead atoms. The van der Waals surface area contributed by atoms with Gasteiger partial charge in [-0.05, 0) is 36.9 Å². The maximum atomic E-state index is 12.2. The summed E-state index contributed by atoms with van der Waals surface area (Å²) in [6.07, 6.45) is 3.38. The maximum Gasteiger partial charge on any atom is 0.225 e. The molecule has 1 aliphatic carbocycles. The van der Waals surface area contributed by atoms with Crippen LogP contribution < -0.4 is 11.1 Å². The van der Waals surface area contributed by atoms with Crippen LogP contribution in [-0.4, -0.2) is 26.6 Å². The number of hydrogen-bond donors (Lipinski definition) is 2. The van der Waals surface area contributed by atoms with Crippen LogP contribution in [0, 0.1) is 5.41 Å². The van der Waals surface area contributed by atoms with Crippen molar-refractivity contribution in [2.75, 3.05) is 17.6 Å². The third kappa shape index (κ3) is 3.44. The lowest BCUT2D eigenvalue weighted by molar-refractivity contribution is -0.119. The maximum absolute atomic E-state index is 12.2. The summed E-state index contributed by atoms with van der Waals surface area (Å²) >= 11 is 0. The fourth-order valence-electron chi connectivity index (χ4n) is 2.66. The number of benzene rings is 1. The zero-order chi connectivity index (χ0) is 15.5. The fourth-order valence-corrected chi connectivity index (χ4v) is 3.71. The van der Waals surface area contributed by atoms with Crippen molar-refractivity contribution in [3.05, 3.63) is 24.3 Å². The number of carbonyl (C=O) groups excluding carboxylic acids is 1. The second kappa shape index (κ2) is 6.15. The van der Waals surface area contributed by atoms with E-state index in [-0.39, 0.29) is 22.0 Å². The third-order valence-corrected chi connectivity index (χ3v) is 6.05. The first kappa shape index (κ1) is 16.0. The molecule has 1 aliphatic rings. The average molecular weight is 310 g/mol. The molecule has 1 saturated carbocycles. The Morgan fingerprint density at radius 2 is 2.00 bits per heavy atom. The number of sulfone groups is 1. The quantitative estimate of drug-likeness (QED) is 0.840. The smallest absolute Gasteiger partial charge is 0.225 e. The van der Waals surface area contributed by atoms with E-state index in [9.17, 15) is 13.2 Å². The molecule has 3 N–H and O–H groups in total. The molecule has 5 nitrogen and oxygen atoms in total. The zero-order valence-corrected chi connectivity index (χ0v) is 13.1. The number of nitrogens with two attached hydrogens (primary N) is 1. The van der Waals surface area contributed by atoms with Gasteiger partial charge in [-0.1, -0.05) is 25.5 Å². The molecule has 0 heterocycles. The first-order valence-corrected chi connectivity index (χ1v) is 8.89. The molecule has 1 aromatic carbocycles. The molecular weight excluding hydrogens is 288 g/mol. The van der Waals surface area contributed by atoms with Crippen LogP contribution in [0.1, 0.15) is 32.6 Å². The van der Waals surface area contributed by atoms with Gasteiger partial charge in [0, 0.05) is 6.42 Å². The highest BCUT2D eigenvalue weighted by atomic mass is 32.2. The second-order valence-electron chi connectivity index (χ2n) is 5.68. The molecule has 0 spiro atoms. The molecule has 1 aromatic rings. The van der Waals surface area contributed by atoms with Crippen LogP contribution in [0.5, 0.6) is 0 Å². The summed E-state index contributed by atoms with van der Waals surface area (Å²) < 4.78 is 24.1. The van der Waals surface area contributed by atoms with E-state index < -0.39 is 9.84 Å². The molecule has 0 atom stereocenters. The number of carbonyl (C=O) groups is 1. The summed E-state index contributed by atoms with van der Waals surface area (Å²) in [5.41, 5.74) is 6.02. The van der Waals surface area contributed by atoms with Crippen molar-refractivity contribution in [1.82, 2.24) is 0 Å². The van der Waals surface area contributed by atoms with Crippen molar-refractivity contribution in [3.63, 3.8) is 0 Å². The van der Waals surface area contributed by atoms with Gasteiger partial charge in [0.05, 0.1) is 16.3 Å². The minimum absolute atomic E-state index is 0.00657. The van der Waals surface area contributed by atoms with Gasteiger partial charge in [-0.15, -0.1) is 0 Å². The molecule has 2 rings (SSSR count). The van der Waals surface area contributed by atoms with Gasteiger partial charge in [0.25, 0.3) is 0 Å². The topological polar surface area (TPSA) is 89.3 Å². The van der Waals surface area contributed by atoms with Crippen molar-refractivity contribution >= 4 is 21.4 Å². The molecule has 21 heavy (non-hydrogen) atoms. The summed E-state index contributed by atoms with van der Waals surface area (Å²) in [6, 6.07) is 6.52. The summed E-state index contributed by atoms with van der Waals surface area (Å²) in [5.74, 6) is -0.161. The van der Waals surface area contributed by atoms with E-state index in [0.29, 0.717) is 18.7 Å². The Kier molecular flexibility index (Phi) is 4.68. The van der Waals surface area contributed by atoms with Crippen molar-refractivity contribution in [1.29, 1.82) is 0 Å². The molecule has 0 aromatic heterocycles. The minimum atomic E-state index is -3.35. The number of hydrogen-bond acceptors (Lipinski definition) is 4. The summed E-state index contributed by atoms with van der Waals surface area (Å²) in [6.45, 7) is 2.08. The van der Waals surface area contributed by atoms with Gasteiger partial charge in [-0.2, -0.15) is 0 Å². The summed E-state index contributed by atoms with van der Waals surface area (Å²) in [7, 11) is -3.35. The molecule has 0 aliphatic heterocycles. The molecule has 1 fully saturated rings. The Hall–Kier alpha value is -1.40. The van der Waals surface area contributed by atoms with E-state index in [1.54, 1.807) is 25.1 Å². The molecule has 1 amide bonds. The molecule has 0 radical (unpaired) electrons. The predicted molar refractivity (Wildman–Crippen MR) is 82.8 cm³/mol. The highest BCUT2D eigenvalue weighted by Crippen LogP contribution is 2.43. The highest BCUT2D eigenvalue weighted by Gasteiger charge is 2.37. The van der Waals surface area contributed by atoms with E-state index >= 15 is 0 Å². The zero-order valence-electron chi connectivity index (χ0n) is 12.3. The first-order valence-electron chi connectivity index (χ1n) is 7.24. The number of para-hydroxylation sites is 1. The van der Waals surface area contributed by atoms with Crippen LogP contribution in [0.15, 0.2) is 29.2 Å². The minimum Gasteiger partial charge on any atom is -0.330 e. The van der Waals surface area contributed by atoms with Crippen LogP contribution in [0.4, 0.5) is 5.69 Å². The fraction of sp³-hybridized carbons (Fsp3) is 0.533. The largest absolute Gasteiger partial charge is 0.330 e. The molecule has 0 unspecified atom stereocenters. The van der Waals surface area contributed by atoms with Gasteiger partial charge >= 0.3 is 0 Å². The van der Waals surface area contributed by atoms with Gasteiger partial charge in [0.1, 0.15) is 0 Å². The lowest BCUT2D eigenvalue weighted by Crippen LogP contribution is -2.40. The number of nitrogens with one attached hydrogen (secondary N) is 1. The van der Waals surface area contributed by atoms with Gasteiger partial charge < -0.3 is 11.1 Å². The Morgan fingerprint density at radius 1 is 1.33 bits per heavy atom. The van der Waals surface area contributed by atoms with Gasteiger partial charge in [0.15, 0.2) is 9.84 Å². The summed E-state index contributed by atoms with van der Waals surface area (Å²) in [4.78, 5) is 12.4. The van der Waals surface area contributed by atoms with Crippen LogP contribution in [0.2, 0.25) is 0 Å². The van der Waals surface area contributed by atoms with Crippen molar-refractivity contribution in [2.45, 2.75) is 37.5 Å². The first-order chi connectivity index (χ1) is 9.92. The third-order valence-electron chi connectivity index (χ3n) is 4.26. The van der Waals surface area contributed by atoms with Crippen LogP contribution in [0.3, 0.4) is 0 Å². The molecule has 6 heteroatoms. The van der Waals surface area contributed by atoms with Gasteiger partial charge in [0.2, 0.25) is 5.91 Å². The average Bonchev–Trinajstić information content (AvgIpc) is 2.43. The highest BCUT2D eigenvalue weighted by molar-refractivity contribution is 7.91. The van der Waals surface area contributed by atoms with E-state index in [4.69, 9.17) is 5.73 Å². The Bertz CT molecular complexity index is 616.